The summed E-state index contributed by atoms with van der Waals surface area (Å²) in [7, 11) is 0. The SMILES string of the molecule is c1ccc(-c2cc(-c3ccccc3)nc(-c3ccc(-n4c5ccccc5c5c6c7ccccc7n(-c7ccccc7)c6c6c7ccccc7oc6c54)cc3)n2)cc1. The summed E-state index contributed by atoms with van der Waals surface area (Å²) in [5, 5.41) is 6.97. The highest BCUT2D eigenvalue weighted by atomic mass is 16.3. The predicted molar refractivity (Wildman–Crippen MR) is 234 cm³/mol. The Labute approximate surface area is 327 Å². The van der Waals surface area contributed by atoms with E-state index in [-0.39, 0.29) is 0 Å². The zero-order chi connectivity index (χ0) is 37.5. The second-order valence-corrected chi connectivity index (χ2v) is 14.5. The summed E-state index contributed by atoms with van der Waals surface area (Å²) in [5.74, 6) is 0.680. The van der Waals surface area contributed by atoms with Crippen LogP contribution in [0.25, 0.3) is 111 Å². The highest BCUT2D eigenvalue weighted by Gasteiger charge is 2.27. The molecule has 5 heteroatoms. The van der Waals surface area contributed by atoms with Crippen molar-refractivity contribution in [2.75, 3.05) is 0 Å². The number of aromatic nitrogens is 4. The van der Waals surface area contributed by atoms with Gasteiger partial charge in [-0.05, 0) is 60.7 Å². The lowest BCUT2D eigenvalue weighted by Crippen LogP contribution is -1.98. The van der Waals surface area contributed by atoms with Crippen LogP contribution in [0.2, 0.25) is 0 Å². The van der Waals surface area contributed by atoms with Gasteiger partial charge in [0, 0.05) is 55.0 Å². The summed E-state index contributed by atoms with van der Waals surface area (Å²) in [6.07, 6.45) is 0. The molecule has 0 atom stereocenters. The van der Waals surface area contributed by atoms with E-state index in [4.69, 9.17) is 14.4 Å². The lowest BCUT2D eigenvalue weighted by Gasteiger charge is -2.12. The van der Waals surface area contributed by atoms with Crippen LogP contribution in [0, 0.1) is 0 Å². The second-order valence-electron chi connectivity index (χ2n) is 14.5. The van der Waals surface area contributed by atoms with Gasteiger partial charge in [-0.2, -0.15) is 0 Å². The molecule has 4 aromatic heterocycles. The molecule has 0 unspecified atom stereocenters. The molecule has 0 N–H and O–H groups in total. The van der Waals surface area contributed by atoms with Crippen molar-refractivity contribution in [1.82, 2.24) is 19.1 Å². The minimum absolute atomic E-state index is 0.680. The first-order chi connectivity index (χ1) is 28.3. The second kappa shape index (κ2) is 12.4. The zero-order valence-electron chi connectivity index (χ0n) is 30.7. The van der Waals surface area contributed by atoms with Crippen molar-refractivity contribution < 1.29 is 4.42 Å². The van der Waals surface area contributed by atoms with E-state index >= 15 is 0 Å². The van der Waals surface area contributed by atoms with Crippen LogP contribution in [0.4, 0.5) is 0 Å². The predicted octanol–water partition coefficient (Wildman–Crippen LogP) is 13.6. The molecule has 0 saturated carbocycles. The molecule has 8 aromatic carbocycles. The van der Waals surface area contributed by atoms with Gasteiger partial charge in [-0.15, -0.1) is 0 Å². The summed E-state index contributed by atoms with van der Waals surface area (Å²) in [6.45, 7) is 0. The molecule has 57 heavy (non-hydrogen) atoms. The Bertz CT molecular complexity index is 3430. The Kier molecular flexibility index (Phi) is 6.86. The Morgan fingerprint density at radius 2 is 0.842 bits per heavy atom. The van der Waals surface area contributed by atoms with Gasteiger partial charge in [0.05, 0.1) is 38.8 Å². The molecule has 266 valence electrons. The molecule has 0 amide bonds. The Balaban J connectivity index is 1.15. The monoisotopic (exact) mass is 728 g/mol. The minimum Gasteiger partial charge on any atom is -0.454 e. The van der Waals surface area contributed by atoms with E-state index in [0.29, 0.717) is 5.82 Å². The number of hydrogen-bond acceptors (Lipinski definition) is 3. The average Bonchev–Trinajstić information content (AvgIpc) is 3.95. The van der Waals surface area contributed by atoms with Crippen LogP contribution < -0.4 is 0 Å². The first-order valence-electron chi connectivity index (χ1n) is 19.3. The van der Waals surface area contributed by atoms with Gasteiger partial charge in [-0.1, -0.05) is 133 Å². The molecular weight excluding hydrogens is 697 g/mol. The first kappa shape index (κ1) is 31.6. The van der Waals surface area contributed by atoms with Crippen LogP contribution in [0.5, 0.6) is 0 Å². The van der Waals surface area contributed by atoms with Gasteiger partial charge in [-0.3, -0.25) is 0 Å². The van der Waals surface area contributed by atoms with Crippen LogP contribution in [0.1, 0.15) is 0 Å². The molecule has 0 aliphatic heterocycles. The van der Waals surface area contributed by atoms with Crippen LogP contribution >= 0.6 is 0 Å². The van der Waals surface area contributed by atoms with Crippen LogP contribution in [-0.2, 0) is 0 Å². The van der Waals surface area contributed by atoms with Crippen molar-refractivity contribution in [3.8, 4) is 45.3 Å². The summed E-state index contributed by atoms with van der Waals surface area (Å²) < 4.78 is 11.8. The molecule has 12 aromatic rings. The third-order valence-electron chi connectivity index (χ3n) is 11.3. The highest BCUT2D eigenvalue weighted by Crippen LogP contribution is 2.49. The number of para-hydroxylation sites is 4. The Morgan fingerprint density at radius 1 is 0.368 bits per heavy atom. The van der Waals surface area contributed by atoms with Gasteiger partial charge in [0.25, 0.3) is 0 Å². The molecule has 4 heterocycles. The summed E-state index contributed by atoms with van der Waals surface area (Å²) >= 11 is 0. The number of hydrogen-bond donors (Lipinski definition) is 0. The first-order valence-corrected chi connectivity index (χ1v) is 19.3. The maximum absolute atomic E-state index is 7.00. The molecule has 0 bridgehead atoms. The smallest absolute Gasteiger partial charge is 0.162 e. The van der Waals surface area contributed by atoms with Gasteiger partial charge >= 0.3 is 0 Å². The quantitative estimate of drug-likeness (QED) is 0.177. The fourth-order valence-corrected chi connectivity index (χ4v) is 8.85. The fourth-order valence-electron chi connectivity index (χ4n) is 8.85. The Morgan fingerprint density at radius 3 is 1.46 bits per heavy atom. The van der Waals surface area contributed by atoms with Gasteiger partial charge in [0.15, 0.2) is 11.4 Å². The van der Waals surface area contributed by atoms with Crippen LogP contribution in [-0.4, -0.2) is 19.1 Å². The lowest BCUT2D eigenvalue weighted by atomic mass is 10.0. The van der Waals surface area contributed by atoms with E-state index < -0.39 is 0 Å². The van der Waals surface area contributed by atoms with Crippen molar-refractivity contribution in [3.63, 3.8) is 0 Å². The molecule has 0 aliphatic rings. The summed E-state index contributed by atoms with van der Waals surface area (Å²) in [6, 6.07) is 68.0. The number of furan rings is 1. The maximum Gasteiger partial charge on any atom is 0.162 e. The van der Waals surface area contributed by atoms with E-state index in [0.717, 1.165) is 83.5 Å². The van der Waals surface area contributed by atoms with E-state index in [9.17, 15) is 0 Å². The average molecular weight is 729 g/mol. The van der Waals surface area contributed by atoms with Crippen molar-refractivity contribution in [2.45, 2.75) is 0 Å². The van der Waals surface area contributed by atoms with Gasteiger partial charge < -0.3 is 13.6 Å². The van der Waals surface area contributed by atoms with Crippen molar-refractivity contribution in [1.29, 1.82) is 0 Å². The molecule has 0 spiro atoms. The normalized spacial score (nSPS) is 11.9. The molecule has 0 radical (unpaired) electrons. The van der Waals surface area contributed by atoms with Crippen molar-refractivity contribution in [2.24, 2.45) is 0 Å². The third kappa shape index (κ3) is 4.76. The molecular formula is C52H32N4O. The number of benzene rings is 8. The van der Waals surface area contributed by atoms with Crippen LogP contribution in [0.3, 0.4) is 0 Å². The molecule has 12 rings (SSSR count). The van der Waals surface area contributed by atoms with Gasteiger partial charge in [0.1, 0.15) is 5.58 Å². The maximum atomic E-state index is 7.00. The Hall–Kier alpha value is -7.76. The largest absolute Gasteiger partial charge is 0.454 e. The van der Waals surface area contributed by atoms with Crippen LogP contribution in [0.15, 0.2) is 199 Å². The number of nitrogens with zero attached hydrogens (tertiary/aromatic N) is 4. The molecule has 5 nitrogen and oxygen atoms in total. The number of fused-ring (bicyclic) bond motifs is 12. The van der Waals surface area contributed by atoms with Gasteiger partial charge in [0.2, 0.25) is 0 Å². The zero-order valence-corrected chi connectivity index (χ0v) is 30.7. The molecule has 0 aliphatic carbocycles. The molecule has 0 fully saturated rings. The van der Waals surface area contributed by atoms with E-state index in [1.165, 1.54) is 21.5 Å². The fraction of sp³-hybridized carbons (Fsp3) is 0. The summed E-state index contributed by atoms with van der Waals surface area (Å²) in [5.41, 5.74) is 13.2. The summed E-state index contributed by atoms with van der Waals surface area (Å²) in [4.78, 5) is 10.2. The van der Waals surface area contributed by atoms with Crippen molar-refractivity contribution in [3.05, 3.63) is 194 Å². The van der Waals surface area contributed by atoms with Gasteiger partial charge in [-0.25, -0.2) is 9.97 Å². The van der Waals surface area contributed by atoms with Crippen molar-refractivity contribution >= 4 is 65.6 Å². The highest BCUT2D eigenvalue weighted by molar-refractivity contribution is 6.39. The molecule has 0 saturated heterocycles. The standard InChI is InChI=1S/C52H32N4O/c1-4-16-33(17-5-1)41-32-42(34-18-6-2-7-19-34)54-52(53-41)35-28-30-37(31-29-35)56-44-26-14-11-23-39(44)47-46-38-22-10-13-25-43(38)55(36-20-8-3-9-21-36)49(46)48-40-24-12-15-27-45(40)57-51(48)50(47)56/h1-32H. The third-order valence-corrected chi connectivity index (χ3v) is 11.3. The lowest BCUT2D eigenvalue weighted by molar-refractivity contribution is 0.671. The van der Waals surface area contributed by atoms with E-state index in [1.807, 2.05) is 36.4 Å². The van der Waals surface area contributed by atoms with E-state index in [2.05, 4.69) is 167 Å². The number of rotatable bonds is 5. The topological polar surface area (TPSA) is 48.8 Å². The minimum atomic E-state index is 0.680. The van der Waals surface area contributed by atoms with E-state index in [1.54, 1.807) is 0 Å².